The van der Waals surface area contributed by atoms with Crippen LogP contribution >= 0.6 is 0 Å². The number of ether oxygens (including phenoxy) is 1. The average Bonchev–Trinajstić information content (AvgIpc) is 2.78. The molecule has 0 spiro atoms. The lowest BCUT2D eigenvalue weighted by molar-refractivity contribution is 0.205. The first-order valence-corrected chi connectivity index (χ1v) is 7.43. The summed E-state index contributed by atoms with van der Waals surface area (Å²) in [6.45, 7) is 2.60. The molecule has 0 N–H and O–H groups in total. The Hall–Kier alpha value is -1.25. The number of aryl methyl sites for hydroxylation is 1. The van der Waals surface area contributed by atoms with E-state index in [4.69, 9.17) is 4.74 Å². The number of rotatable bonds is 4. The highest BCUT2D eigenvalue weighted by Crippen LogP contribution is 2.19. The Kier molecular flexibility index (Phi) is 4.02. The predicted molar refractivity (Wildman–Crippen MR) is 70.0 cm³/mol. The Labute approximate surface area is 113 Å². The number of aromatic nitrogens is 2. The van der Waals surface area contributed by atoms with Gasteiger partial charge < -0.3 is 4.74 Å². The summed E-state index contributed by atoms with van der Waals surface area (Å²) in [5.41, 5.74) is 0. The predicted octanol–water partition coefficient (Wildman–Crippen LogP) is 0.0445. The van der Waals surface area contributed by atoms with Gasteiger partial charge in [0, 0.05) is 32.9 Å². The van der Waals surface area contributed by atoms with Crippen LogP contribution < -0.4 is 4.74 Å². The van der Waals surface area contributed by atoms with Crippen LogP contribution in [0.4, 0.5) is 0 Å². The Bertz CT molecular complexity index is 547. The van der Waals surface area contributed by atoms with Crippen molar-refractivity contribution in [2.24, 2.45) is 0 Å². The molecule has 0 aliphatic carbocycles. The maximum Gasteiger partial charge on any atom is 0.281 e. The van der Waals surface area contributed by atoms with E-state index in [0.717, 1.165) is 0 Å². The van der Waals surface area contributed by atoms with Crippen LogP contribution in [0.25, 0.3) is 0 Å². The van der Waals surface area contributed by atoms with Crippen LogP contribution in [-0.2, 0) is 10.2 Å². The largest absolute Gasteiger partial charge is 0.473 e. The standard InChI is InChI=1S/C11H18N4O3S/c1-9-12-6-4-11(13-9)18-10-5-7-15(8-10)19(16,17)14(2)3/h4,6,10H,5,7-8H2,1-3H3/t10-/m0/s1. The average molecular weight is 286 g/mol. The van der Waals surface area contributed by atoms with E-state index in [0.29, 0.717) is 31.2 Å². The normalized spacial score (nSPS) is 20.9. The molecule has 1 aromatic rings. The lowest BCUT2D eigenvalue weighted by Gasteiger charge is -2.20. The minimum absolute atomic E-state index is 0.163. The van der Waals surface area contributed by atoms with Crippen molar-refractivity contribution in [2.75, 3.05) is 27.2 Å². The van der Waals surface area contributed by atoms with Gasteiger partial charge in [-0.1, -0.05) is 0 Å². The summed E-state index contributed by atoms with van der Waals surface area (Å²) in [5.74, 6) is 1.12. The van der Waals surface area contributed by atoms with E-state index in [9.17, 15) is 8.42 Å². The molecule has 0 aromatic carbocycles. The number of hydrogen-bond donors (Lipinski definition) is 0. The molecule has 1 saturated heterocycles. The number of hydrogen-bond acceptors (Lipinski definition) is 5. The van der Waals surface area contributed by atoms with Crippen molar-refractivity contribution in [1.29, 1.82) is 0 Å². The molecule has 1 fully saturated rings. The molecular formula is C11H18N4O3S. The van der Waals surface area contributed by atoms with Crippen LogP contribution in [-0.4, -0.2) is 60.3 Å². The molecule has 1 aliphatic rings. The molecule has 1 atom stereocenters. The molecule has 0 amide bonds. The molecular weight excluding hydrogens is 268 g/mol. The maximum absolute atomic E-state index is 12.0. The van der Waals surface area contributed by atoms with Gasteiger partial charge in [0.25, 0.3) is 10.2 Å². The summed E-state index contributed by atoms with van der Waals surface area (Å²) in [6, 6.07) is 1.68. The second-order valence-electron chi connectivity index (χ2n) is 4.62. The molecule has 0 radical (unpaired) electrons. The second kappa shape index (κ2) is 5.40. The maximum atomic E-state index is 12.0. The van der Waals surface area contributed by atoms with E-state index in [-0.39, 0.29) is 6.10 Å². The quantitative estimate of drug-likeness (QED) is 0.781. The van der Waals surface area contributed by atoms with E-state index in [2.05, 4.69) is 9.97 Å². The van der Waals surface area contributed by atoms with Gasteiger partial charge in [-0.25, -0.2) is 4.98 Å². The molecule has 1 aromatic heterocycles. The summed E-state index contributed by atoms with van der Waals surface area (Å²) in [6.07, 6.45) is 2.13. The van der Waals surface area contributed by atoms with Crippen LogP contribution in [0.5, 0.6) is 5.88 Å². The SMILES string of the molecule is Cc1nccc(O[C@H]2CCN(S(=O)(=O)N(C)C)C2)n1. The summed E-state index contributed by atoms with van der Waals surface area (Å²) in [7, 11) is -0.306. The highest BCUT2D eigenvalue weighted by atomic mass is 32.2. The van der Waals surface area contributed by atoms with Crippen LogP contribution in [0, 0.1) is 6.92 Å². The smallest absolute Gasteiger partial charge is 0.281 e. The zero-order valence-corrected chi connectivity index (χ0v) is 12.1. The van der Waals surface area contributed by atoms with Crippen molar-refractivity contribution in [1.82, 2.24) is 18.6 Å². The molecule has 0 bridgehead atoms. The molecule has 106 valence electrons. The van der Waals surface area contributed by atoms with Gasteiger partial charge in [0.1, 0.15) is 11.9 Å². The Balaban J connectivity index is 2.00. The van der Waals surface area contributed by atoms with Crippen molar-refractivity contribution < 1.29 is 13.2 Å². The molecule has 8 heteroatoms. The second-order valence-corrected chi connectivity index (χ2v) is 6.76. The van der Waals surface area contributed by atoms with Gasteiger partial charge in [-0.2, -0.15) is 22.0 Å². The molecule has 1 aliphatic heterocycles. The summed E-state index contributed by atoms with van der Waals surface area (Å²) in [5, 5.41) is 0. The first kappa shape index (κ1) is 14.2. The summed E-state index contributed by atoms with van der Waals surface area (Å²) < 4.78 is 32.2. The fraction of sp³-hybridized carbons (Fsp3) is 0.636. The zero-order valence-electron chi connectivity index (χ0n) is 11.3. The molecule has 2 rings (SSSR count). The Morgan fingerprint density at radius 2 is 2.21 bits per heavy atom. The third-order valence-electron chi connectivity index (χ3n) is 2.93. The van der Waals surface area contributed by atoms with Crippen molar-refractivity contribution in [3.63, 3.8) is 0 Å². The summed E-state index contributed by atoms with van der Waals surface area (Å²) in [4.78, 5) is 8.13. The molecule has 0 saturated carbocycles. The molecule has 19 heavy (non-hydrogen) atoms. The minimum atomic E-state index is -3.36. The molecule has 2 heterocycles. The third-order valence-corrected chi connectivity index (χ3v) is 4.84. The van der Waals surface area contributed by atoms with Crippen LogP contribution in [0.1, 0.15) is 12.2 Å². The zero-order chi connectivity index (χ0) is 14.0. The van der Waals surface area contributed by atoms with Crippen LogP contribution in [0.15, 0.2) is 12.3 Å². The van der Waals surface area contributed by atoms with Crippen molar-refractivity contribution >= 4 is 10.2 Å². The summed E-state index contributed by atoms with van der Waals surface area (Å²) >= 11 is 0. The fourth-order valence-corrected chi connectivity index (χ4v) is 3.06. The topological polar surface area (TPSA) is 75.6 Å². The third kappa shape index (κ3) is 3.20. The van der Waals surface area contributed by atoms with E-state index < -0.39 is 10.2 Å². The van der Waals surface area contributed by atoms with Crippen molar-refractivity contribution in [3.8, 4) is 5.88 Å². The molecule has 7 nitrogen and oxygen atoms in total. The van der Waals surface area contributed by atoms with E-state index in [1.54, 1.807) is 19.2 Å². The van der Waals surface area contributed by atoms with Gasteiger partial charge in [-0.15, -0.1) is 0 Å². The highest BCUT2D eigenvalue weighted by molar-refractivity contribution is 7.86. The minimum Gasteiger partial charge on any atom is -0.473 e. The van der Waals surface area contributed by atoms with Gasteiger partial charge in [0.05, 0.1) is 6.54 Å². The number of nitrogens with zero attached hydrogens (tertiary/aromatic N) is 4. The highest BCUT2D eigenvalue weighted by Gasteiger charge is 2.33. The lowest BCUT2D eigenvalue weighted by Crippen LogP contribution is -2.39. The van der Waals surface area contributed by atoms with Gasteiger partial charge in [0.2, 0.25) is 5.88 Å². The van der Waals surface area contributed by atoms with Gasteiger partial charge in [-0.05, 0) is 13.3 Å². The fourth-order valence-electron chi connectivity index (χ4n) is 1.91. The van der Waals surface area contributed by atoms with Gasteiger partial charge >= 0.3 is 0 Å². The van der Waals surface area contributed by atoms with Crippen molar-refractivity contribution in [2.45, 2.75) is 19.4 Å². The van der Waals surface area contributed by atoms with Crippen LogP contribution in [0.2, 0.25) is 0 Å². The first-order chi connectivity index (χ1) is 8.89. The van der Waals surface area contributed by atoms with Gasteiger partial charge in [-0.3, -0.25) is 0 Å². The van der Waals surface area contributed by atoms with E-state index in [1.807, 2.05) is 0 Å². The molecule has 0 unspecified atom stereocenters. The van der Waals surface area contributed by atoms with E-state index >= 15 is 0 Å². The van der Waals surface area contributed by atoms with Gasteiger partial charge in [0.15, 0.2) is 0 Å². The lowest BCUT2D eigenvalue weighted by atomic mass is 10.3. The first-order valence-electron chi connectivity index (χ1n) is 6.03. The Morgan fingerprint density at radius 1 is 1.47 bits per heavy atom. The monoisotopic (exact) mass is 286 g/mol. The Morgan fingerprint density at radius 3 is 2.84 bits per heavy atom. The van der Waals surface area contributed by atoms with Crippen molar-refractivity contribution in [3.05, 3.63) is 18.1 Å². The van der Waals surface area contributed by atoms with Crippen LogP contribution in [0.3, 0.4) is 0 Å². The van der Waals surface area contributed by atoms with E-state index in [1.165, 1.54) is 22.7 Å².